The lowest BCUT2D eigenvalue weighted by atomic mass is 9.93. The maximum Gasteiger partial charge on any atom is 0.314 e. The summed E-state index contributed by atoms with van der Waals surface area (Å²) in [5.41, 5.74) is 5.35. The molecule has 1 saturated carbocycles. The van der Waals surface area contributed by atoms with Gasteiger partial charge in [0.05, 0.1) is 0 Å². The van der Waals surface area contributed by atoms with Gasteiger partial charge in [-0.15, -0.1) is 0 Å². The molecule has 0 aromatic heterocycles. The maximum absolute atomic E-state index is 11.2. The summed E-state index contributed by atoms with van der Waals surface area (Å²) in [5, 5.41) is 0. The minimum atomic E-state index is -0.264. The molecule has 2 aliphatic carbocycles. The third kappa shape index (κ3) is 2.39. The van der Waals surface area contributed by atoms with Gasteiger partial charge in [-0.3, -0.25) is 0 Å². The molecule has 2 amide bonds. The number of nitrogens with two attached hydrogens (primary N) is 1. The van der Waals surface area contributed by atoms with Gasteiger partial charge in [0.2, 0.25) is 0 Å². The Morgan fingerprint density at radius 3 is 2.72 bits per heavy atom. The molecule has 100 valence electrons. The molecular formula is C14H23N3O. The van der Waals surface area contributed by atoms with Gasteiger partial charge in [0.15, 0.2) is 0 Å². The summed E-state index contributed by atoms with van der Waals surface area (Å²) in [6.07, 6.45) is 8.63. The van der Waals surface area contributed by atoms with Gasteiger partial charge in [0, 0.05) is 26.2 Å². The van der Waals surface area contributed by atoms with E-state index in [2.05, 4.69) is 17.1 Å². The minimum absolute atomic E-state index is 0.264. The number of allylic oxidation sites excluding steroid dienone is 2. The van der Waals surface area contributed by atoms with Gasteiger partial charge in [-0.1, -0.05) is 12.2 Å². The van der Waals surface area contributed by atoms with Crippen LogP contribution in [0.5, 0.6) is 0 Å². The van der Waals surface area contributed by atoms with E-state index in [9.17, 15) is 4.79 Å². The number of nitrogens with zero attached hydrogens (tertiary/aromatic N) is 2. The molecule has 1 aliphatic heterocycles. The fraction of sp³-hybridized carbons (Fsp3) is 0.786. The van der Waals surface area contributed by atoms with Crippen LogP contribution in [-0.2, 0) is 0 Å². The zero-order valence-electron chi connectivity index (χ0n) is 10.9. The minimum Gasteiger partial charge on any atom is -0.351 e. The first kappa shape index (κ1) is 12.0. The van der Waals surface area contributed by atoms with Gasteiger partial charge in [-0.05, 0) is 43.6 Å². The summed E-state index contributed by atoms with van der Waals surface area (Å²) in [4.78, 5) is 15.5. The third-order valence-corrected chi connectivity index (χ3v) is 4.81. The van der Waals surface area contributed by atoms with Crippen molar-refractivity contribution < 1.29 is 4.79 Å². The monoisotopic (exact) mass is 249 g/mol. The van der Waals surface area contributed by atoms with E-state index in [0.717, 1.165) is 50.4 Å². The third-order valence-electron chi connectivity index (χ3n) is 4.81. The first-order chi connectivity index (χ1) is 8.72. The summed E-state index contributed by atoms with van der Waals surface area (Å²) in [7, 11) is 0. The number of rotatable bonds is 2. The van der Waals surface area contributed by atoms with Crippen molar-refractivity contribution in [3.63, 3.8) is 0 Å². The number of carbonyl (C=O) groups is 1. The van der Waals surface area contributed by atoms with E-state index in [-0.39, 0.29) is 6.03 Å². The highest BCUT2D eigenvalue weighted by atomic mass is 16.2. The van der Waals surface area contributed by atoms with Crippen LogP contribution in [0.3, 0.4) is 0 Å². The number of amides is 2. The van der Waals surface area contributed by atoms with Crippen LogP contribution in [-0.4, -0.2) is 48.6 Å². The highest BCUT2D eigenvalue weighted by Gasteiger charge is 2.36. The van der Waals surface area contributed by atoms with Crippen LogP contribution < -0.4 is 5.73 Å². The van der Waals surface area contributed by atoms with Crippen molar-refractivity contribution in [2.24, 2.45) is 23.5 Å². The van der Waals surface area contributed by atoms with E-state index < -0.39 is 0 Å². The Bertz CT molecular complexity index is 355. The van der Waals surface area contributed by atoms with E-state index in [4.69, 9.17) is 5.73 Å². The molecule has 3 atom stereocenters. The zero-order chi connectivity index (χ0) is 12.5. The number of carbonyl (C=O) groups excluding carboxylic acids is 1. The second kappa shape index (κ2) is 4.92. The highest BCUT2D eigenvalue weighted by Crippen LogP contribution is 2.43. The van der Waals surface area contributed by atoms with Crippen molar-refractivity contribution in [1.29, 1.82) is 0 Å². The van der Waals surface area contributed by atoms with Crippen LogP contribution in [0.1, 0.15) is 19.3 Å². The van der Waals surface area contributed by atoms with Gasteiger partial charge in [0.1, 0.15) is 0 Å². The lowest BCUT2D eigenvalue weighted by Crippen LogP contribution is -2.39. The summed E-state index contributed by atoms with van der Waals surface area (Å²) in [5.74, 6) is 2.53. The van der Waals surface area contributed by atoms with Gasteiger partial charge in [-0.2, -0.15) is 0 Å². The number of hydrogen-bond acceptors (Lipinski definition) is 2. The molecule has 0 aromatic rings. The predicted octanol–water partition coefficient (Wildman–Crippen LogP) is 1.28. The summed E-state index contributed by atoms with van der Waals surface area (Å²) in [6, 6.07) is -0.264. The molecule has 3 unspecified atom stereocenters. The van der Waals surface area contributed by atoms with E-state index in [0.29, 0.717) is 0 Å². The van der Waals surface area contributed by atoms with Crippen molar-refractivity contribution in [2.45, 2.75) is 19.3 Å². The lowest BCUT2D eigenvalue weighted by molar-refractivity contribution is 0.201. The first-order valence-corrected chi connectivity index (χ1v) is 7.17. The topological polar surface area (TPSA) is 49.6 Å². The smallest absolute Gasteiger partial charge is 0.314 e. The number of primary amides is 1. The van der Waals surface area contributed by atoms with Crippen LogP contribution in [0, 0.1) is 17.8 Å². The van der Waals surface area contributed by atoms with Crippen LogP contribution in [0.25, 0.3) is 0 Å². The van der Waals surface area contributed by atoms with Crippen molar-refractivity contribution in [3.8, 4) is 0 Å². The molecule has 1 saturated heterocycles. The molecule has 4 nitrogen and oxygen atoms in total. The van der Waals surface area contributed by atoms with Crippen molar-refractivity contribution in [2.75, 3.05) is 32.7 Å². The average Bonchev–Trinajstić information content (AvgIpc) is 2.86. The summed E-state index contributed by atoms with van der Waals surface area (Å²) in [6.45, 7) is 4.93. The Kier molecular flexibility index (Phi) is 3.29. The molecule has 2 N–H and O–H groups in total. The number of fused-ring (bicyclic) bond motifs is 2. The van der Waals surface area contributed by atoms with Gasteiger partial charge < -0.3 is 15.5 Å². The summed E-state index contributed by atoms with van der Waals surface area (Å²) < 4.78 is 0. The van der Waals surface area contributed by atoms with Gasteiger partial charge >= 0.3 is 6.03 Å². The standard InChI is InChI=1S/C14H23N3O/c15-14(18)17-5-1-4-16(6-7-17)10-13-9-11-2-3-12(13)8-11/h2-3,11-13H,1,4-10H2,(H2,15,18). The molecule has 2 bridgehead atoms. The van der Waals surface area contributed by atoms with Crippen LogP contribution in [0.4, 0.5) is 4.79 Å². The van der Waals surface area contributed by atoms with Crippen LogP contribution in [0.2, 0.25) is 0 Å². The quantitative estimate of drug-likeness (QED) is 0.750. The number of urea groups is 1. The first-order valence-electron chi connectivity index (χ1n) is 7.17. The van der Waals surface area contributed by atoms with Crippen molar-refractivity contribution >= 4 is 6.03 Å². The second-order valence-corrected chi connectivity index (χ2v) is 6.02. The van der Waals surface area contributed by atoms with E-state index in [1.165, 1.54) is 19.4 Å². The van der Waals surface area contributed by atoms with E-state index in [1.54, 1.807) is 4.90 Å². The van der Waals surface area contributed by atoms with E-state index in [1.807, 2.05) is 0 Å². The number of hydrogen-bond donors (Lipinski definition) is 1. The van der Waals surface area contributed by atoms with E-state index >= 15 is 0 Å². The predicted molar refractivity (Wildman–Crippen MR) is 71.1 cm³/mol. The van der Waals surface area contributed by atoms with Crippen LogP contribution >= 0.6 is 0 Å². The molecule has 0 radical (unpaired) electrons. The molecule has 0 aromatic carbocycles. The van der Waals surface area contributed by atoms with Gasteiger partial charge in [0.25, 0.3) is 0 Å². The Morgan fingerprint density at radius 2 is 2.06 bits per heavy atom. The Labute approximate surface area is 109 Å². The fourth-order valence-corrected chi connectivity index (χ4v) is 3.81. The highest BCUT2D eigenvalue weighted by molar-refractivity contribution is 5.71. The average molecular weight is 249 g/mol. The van der Waals surface area contributed by atoms with Gasteiger partial charge in [-0.25, -0.2) is 4.79 Å². The summed E-state index contributed by atoms with van der Waals surface area (Å²) >= 11 is 0. The second-order valence-electron chi connectivity index (χ2n) is 6.02. The molecular weight excluding hydrogens is 226 g/mol. The molecule has 2 fully saturated rings. The molecule has 3 aliphatic rings. The normalized spacial score (nSPS) is 36.0. The Balaban J connectivity index is 1.51. The molecule has 18 heavy (non-hydrogen) atoms. The zero-order valence-corrected chi connectivity index (χ0v) is 10.9. The molecule has 3 rings (SSSR count). The van der Waals surface area contributed by atoms with Crippen LogP contribution in [0.15, 0.2) is 12.2 Å². The van der Waals surface area contributed by atoms with Crippen molar-refractivity contribution in [3.05, 3.63) is 12.2 Å². The molecule has 0 spiro atoms. The fourth-order valence-electron chi connectivity index (χ4n) is 3.81. The maximum atomic E-state index is 11.2. The van der Waals surface area contributed by atoms with Crippen molar-refractivity contribution in [1.82, 2.24) is 9.80 Å². The molecule has 4 heteroatoms. The largest absolute Gasteiger partial charge is 0.351 e. The Hall–Kier alpha value is -1.03. The lowest BCUT2D eigenvalue weighted by Gasteiger charge is -2.27. The molecule has 1 heterocycles. The Morgan fingerprint density at radius 1 is 1.17 bits per heavy atom. The SMILES string of the molecule is NC(=O)N1CCCN(CC2CC3C=CC2C3)CC1.